The van der Waals surface area contributed by atoms with Crippen molar-refractivity contribution in [2.75, 3.05) is 0 Å². The van der Waals surface area contributed by atoms with Crippen LogP contribution in [0.4, 0.5) is 0 Å². The van der Waals surface area contributed by atoms with Crippen LogP contribution in [0.15, 0.2) is 42.5 Å². The second kappa shape index (κ2) is 7.44. The predicted molar refractivity (Wildman–Crippen MR) is 88.9 cm³/mol. The third-order valence-corrected chi connectivity index (χ3v) is 3.94. The fourth-order valence-corrected chi connectivity index (χ4v) is 2.67. The van der Waals surface area contributed by atoms with E-state index >= 15 is 0 Å². The molecule has 2 rings (SSSR count). The van der Waals surface area contributed by atoms with Gasteiger partial charge in [-0.2, -0.15) is 0 Å². The van der Waals surface area contributed by atoms with Gasteiger partial charge in [0.15, 0.2) is 0 Å². The molecule has 2 aromatic rings. The van der Waals surface area contributed by atoms with Gasteiger partial charge in [-0.3, -0.25) is 0 Å². The zero-order chi connectivity index (χ0) is 14.4. The van der Waals surface area contributed by atoms with E-state index in [0.29, 0.717) is 6.04 Å². The Morgan fingerprint density at radius 3 is 2.45 bits per heavy atom. The molecular weight excluding hydrogens is 242 g/mol. The molecule has 0 aromatic heterocycles. The average molecular weight is 269 g/mol. The van der Waals surface area contributed by atoms with Crippen molar-refractivity contribution in [3.05, 3.63) is 48.0 Å². The Bertz CT molecular complexity index is 525. The number of nitrogens with one attached hydrogen (secondary N) is 1. The highest BCUT2D eigenvalue weighted by Crippen LogP contribution is 2.18. The van der Waals surface area contributed by atoms with E-state index in [9.17, 15) is 0 Å². The molecule has 0 fully saturated rings. The summed E-state index contributed by atoms with van der Waals surface area (Å²) in [6, 6.07) is 15.8. The van der Waals surface area contributed by atoms with Crippen molar-refractivity contribution in [2.24, 2.45) is 5.92 Å². The monoisotopic (exact) mass is 269 g/mol. The van der Waals surface area contributed by atoms with Gasteiger partial charge in [-0.25, -0.2) is 0 Å². The SMILES string of the molecule is CC(C)CCCC(C)NCc1cccc2ccccc12. The molecule has 0 saturated carbocycles. The highest BCUT2D eigenvalue weighted by Gasteiger charge is 2.04. The van der Waals surface area contributed by atoms with Gasteiger partial charge in [0, 0.05) is 12.6 Å². The van der Waals surface area contributed by atoms with E-state index in [2.05, 4.69) is 68.6 Å². The summed E-state index contributed by atoms with van der Waals surface area (Å²) in [5.41, 5.74) is 1.40. The van der Waals surface area contributed by atoms with Gasteiger partial charge >= 0.3 is 0 Å². The maximum atomic E-state index is 3.66. The van der Waals surface area contributed by atoms with Crippen LogP contribution in [0.25, 0.3) is 10.8 Å². The molecule has 0 saturated heterocycles. The Labute approximate surface area is 123 Å². The Kier molecular flexibility index (Phi) is 5.60. The second-order valence-corrected chi connectivity index (χ2v) is 6.24. The predicted octanol–water partition coefficient (Wildman–Crippen LogP) is 5.14. The van der Waals surface area contributed by atoms with Gasteiger partial charge in [0.2, 0.25) is 0 Å². The molecule has 20 heavy (non-hydrogen) atoms. The van der Waals surface area contributed by atoms with E-state index < -0.39 is 0 Å². The summed E-state index contributed by atoms with van der Waals surface area (Å²) in [6.07, 6.45) is 3.92. The van der Waals surface area contributed by atoms with E-state index in [4.69, 9.17) is 0 Å². The number of hydrogen-bond donors (Lipinski definition) is 1. The average Bonchev–Trinajstić information content (AvgIpc) is 2.44. The maximum absolute atomic E-state index is 3.66. The quantitative estimate of drug-likeness (QED) is 0.733. The van der Waals surface area contributed by atoms with Gasteiger partial charge in [-0.15, -0.1) is 0 Å². The van der Waals surface area contributed by atoms with Gasteiger partial charge in [0.1, 0.15) is 0 Å². The van der Waals surface area contributed by atoms with Crippen molar-refractivity contribution >= 4 is 10.8 Å². The maximum Gasteiger partial charge on any atom is 0.0214 e. The van der Waals surface area contributed by atoms with E-state index in [1.165, 1.54) is 35.6 Å². The van der Waals surface area contributed by atoms with Gasteiger partial charge in [0.25, 0.3) is 0 Å². The Balaban J connectivity index is 1.89. The highest BCUT2D eigenvalue weighted by molar-refractivity contribution is 5.85. The third-order valence-electron chi connectivity index (χ3n) is 3.94. The fourth-order valence-electron chi connectivity index (χ4n) is 2.67. The molecule has 0 bridgehead atoms. The molecule has 0 aliphatic heterocycles. The van der Waals surface area contributed by atoms with Gasteiger partial charge < -0.3 is 5.32 Å². The van der Waals surface area contributed by atoms with E-state index in [1.54, 1.807) is 0 Å². The molecule has 0 aliphatic carbocycles. The van der Waals surface area contributed by atoms with Crippen molar-refractivity contribution in [3.63, 3.8) is 0 Å². The molecule has 1 unspecified atom stereocenters. The zero-order valence-electron chi connectivity index (χ0n) is 13.0. The number of fused-ring (bicyclic) bond motifs is 1. The van der Waals surface area contributed by atoms with Crippen LogP contribution in [0.1, 0.15) is 45.6 Å². The van der Waals surface area contributed by atoms with E-state index in [-0.39, 0.29) is 0 Å². The molecule has 1 N–H and O–H groups in total. The summed E-state index contributed by atoms with van der Waals surface area (Å²) in [7, 11) is 0. The van der Waals surface area contributed by atoms with E-state index in [0.717, 1.165) is 12.5 Å². The third kappa shape index (κ3) is 4.35. The lowest BCUT2D eigenvalue weighted by Crippen LogP contribution is -2.25. The smallest absolute Gasteiger partial charge is 0.0214 e. The fraction of sp³-hybridized carbons (Fsp3) is 0.474. The van der Waals surface area contributed by atoms with Crippen LogP contribution >= 0.6 is 0 Å². The second-order valence-electron chi connectivity index (χ2n) is 6.24. The first-order valence-electron chi connectivity index (χ1n) is 7.87. The summed E-state index contributed by atoms with van der Waals surface area (Å²) >= 11 is 0. The van der Waals surface area contributed by atoms with Crippen LogP contribution in [0, 0.1) is 5.92 Å². The molecule has 1 heteroatoms. The van der Waals surface area contributed by atoms with Crippen molar-refractivity contribution in [3.8, 4) is 0 Å². The van der Waals surface area contributed by atoms with Crippen LogP contribution in [0.5, 0.6) is 0 Å². The molecule has 0 radical (unpaired) electrons. The summed E-state index contributed by atoms with van der Waals surface area (Å²) in [6.45, 7) is 7.86. The molecule has 0 spiro atoms. The molecule has 0 heterocycles. The van der Waals surface area contributed by atoms with Gasteiger partial charge in [0.05, 0.1) is 0 Å². The minimum atomic E-state index is 0.590. The normalized spacial score (nSPS) is 13.0. The van der Waals surface area contributed by atoms with Crippen molar-refractivity contribution in [2.45, 2.75) is 52.6 Å². The molecule has 0 aliphatic rings. The first kappa shape index (κ1) is 15.1. The molecule has 2 aromatic carbocycles. The van der Waals surface area contributed by atoms with Crippen LogP contribution in [-0.2, 0) is 6.54 Å². The zero-order valence-corrected chi connectivity index (χ0v) is 13.0. The van der Waals surface area contributed by atoms with Crippen molar-refractivity contribution < 1.29 is 0 Å². The first-order chi connectivity index (χ1) is 9.66. The summed E-state index contributed by atoms with van der Waals surface area (Å²) < 4.78 is 0. The van der Waals surface area contributed by atoms with Gasteiger partial charge in [-0.05, 0) is 35.6 Å². The number of rotatable bonds is 7. The van der Waals surface area contributed by atoms with Gasteiger partial charge in [-0.1, -0.05) is 69.2 Å². The molecule has 1 nitrogen and oxygen atoms in total. The largest absolute Gasteiger partial charge is 0.310 e. The van der Waals surface area contributed by atoms with Crippen LogP contribution in [0.2, 0.25) is 0 Å². The first-order valence-corrected chi connectivity index (χ1v) is 7.87. The van der Waals surface area contributed by atoms with E-state index in [1.807, 2.05) is 0 Å². The molecule has 0 amide bonds. The minimum absolute atomic E-state index is 0.590. The molecule has 108 valence electrons. The Morgan fingerprint density at radius 2 is 1.65 bits per heavy atom. The summed E-state index contributed by atoms with van der Waals surface area (Å²) in [5.74, 6) is 0.820. The lowest BCUT2D eigenvalue weighted by Gasteiger charge is -2.15. The van der Waals surface area contributed by atoms with Crippen LogP contribution in [-0.4, -0.2) is 6.04 Å². The standard InChI is InChI=1S/C19H27N/c1-15(2)8-6-9-16(3)20-14-18-12-7-11-17-10-4-5-13-19(17)18/h4-5,7,10-13,15-16,20H,6,8-9,14H2,1-3H3. The highest BCUT2D eigenvalue weighted by atomic mass is 14.9. The minimum Gasteiger partial charge on any atom is -0.310 e. The number of hydrogen-bond acceptors (Lipinski definition) is 1. The van der Waals surface area contributed by atoms with Crippen molar-refractivity contribution in [1.82, 2.24) is 5.32 Å². The lowest BCUT2D eigenvalue weighted by molar-refractivity contribution is 0.457. The summed E-state index contributed by atoms with van der Waals surface area (Å²) in [4.78, 5) is 0. The number of benzene rings is 2. The summed E-state index contributed by atoms with van der Waals surface area (Å²) in [5, 5.41) is 6.37. The topological polar surface area (TPSA) is 12.0 Å². The van der Waals surface area contributed by atoms with Crippen LogP contribution < -0.4 is 5.32 Å². The molecule has 1 atom stereocenters. The Morgan fingerprint density at radius 1 is 0.900 bits per heavy atom. The Hall–Kier alpha value is -1.34. The van der Waals surface area contributed by atoms with Crippen LogP contribution in [0.3, 0.4) is 0 Å². The lowest BCUT2D eigenvalue weighted by atomic mass is 10.0. The van der Waals surface area contributed by atoms with Crippen molar-refractivity contribution in [1.29, 1.82) is 0 Å². The molecular formula is C19H27N.